The van der Waals surface area contributed by atoms with Gasteiger partial charge >= 0.3 is 0 Å². The van der Waals surface area contributed by atoms with Gasteiger partial charge in [0, 0.05) is 38.0 Å². The number of hydrogen-bond donors (Lipinski definition) is 0. The minimum Gasteiger partial charge on any atom is -0.309 e. The number of para-hydroxylation sites is 2. The van der Waals surface area contributed by atoms with Crippen LogP contribution >= 0.6 is 0 Å². The molecule has 36 heavy (non-hydrogen) atoms. The van der Waals surface area contributed by atoms with E-state index < -0.39 is 0 Å². The zero-order chi connectivity index (χ0) is 24.0. The SMILES string of the molecule is N#Cc1ccc2c3cc4c(c5ccccc5n4-c4ccccc4)c4c5ccc(C#N)cc5n(c2c1)c34. The molecule has 4 nitrogen and oxygen atoms in total. The number of nitrogens with zero attached hydrogens (tertiary/aromatic N) is 4. The summed E-state index contributed by atoms with van der Waals surface area (Å²) in [5.74, 6) is 0. The smallest absolute Gasteiger partial charge is 0.0992 e. The Morgan fingerprint density at radius 1 is 0.500 bits per heavy atom. The number of benzene rings is 5. The highest BCUT2D eigenvalue weighted by atomic mass is 15.0. The van der Waals surface area contributed by atoms with Crippen molar-refractivity contribution in [3.05, 3.63) is 108 Å². The van der Waals surface area contributed by atoms with E-state index in [0.29, 0.717) is 11.1 Å². The fourth-order valence-electron chi connectivity index (χ4n) is 6.05. The van der Waals surface area contributed by atoms with Gasteiger partial charge in [-0.3, -0.25) is 0 Å². The van der Waals surface area contributed by atoms with E-state index in [9.17, 15) is 10.5 Å². The average molecular weight is 457 g/mol. The topological polar surface area (TPSA) is 56.9 Å². The number of fused-ring (bicyclic) bond motifs is 10. The fourth-order valence-corrected chi connectivity index (χ4v) is 6.05. The monoisotopic (exact) mass is 456 g/mol. The van der Waals surface area contributed by atoms with Gasteiger partial charge in [0.2, 0.25) is 0 Å². The van der Waals surface area contributed by atoms with Crippen molar-refractivity contribution in [3.8, 4) is 17.8 Å². The lowest BCUT2D eigenvalue weighted by Crippen LogP contribution is -1.92. The summed E-state index contributed by atoms with van der Waals surface area (Å²) < 4.78 is 4.58. The Bertz CT molecular complexity index is 2270. The molecule has 0 unspecified atom stereocenters. The van der Waals surface area contributed by atoms with E-state index in [-0.39, 0.29) is 0 Å². The first-order valence-electron chi connectivity index (χ1n) is 11.8. The van der Waals surface area contributed by atoms with E-state index in [1.807, 2.05) is 30.3 Å². The van der Waals surface area contributed by atoms with Crippen LogP contribution in [0.5, 0.6) is 0 Å². The second-order valence-electron chi connectivity index (χ2n) is 9.25. The highest BCUT2D eigenvalue weighted by Gasteiger charge is 2.24. The Kier molecular flexibility index (Phi) is 3.51. The van der Waals surface area contributed by atoms with Crippen molar-refractivity contribution in [2.45, 2.75) is 0 Å². The lowest BCUT2D eigenvalue weighted by atomic mass is 10.0. The molecule has 0 fully saturated rings. The largest absolute Gasteiger partial charge is 0.309 e. The molecule has 0 saturated heterocycles. The second kappa shape index (κ2) is 6.63. The average Bonchev–Trinajstić information content (AvgIpc) is 3.56. The second-order valence-corrected chi connectivity index (χ2v) is 9.25. The van der Waals surface area contributed by atoms with Crippen LogP contribution in [0.3, 0.4) is 0 Å². The van der Waals surface area contributed by atoms with Crippen LogP contribution in [0.25, 0.3) is 65.6 Å². The van der Waals surface area contributed by atoms with Gasteiger partial charge in [0.1, 0.15) is 0 Å². The maximum absolute atomic E-state index is 9.66. The number of aromatic nitrogens is 2. The third kappa shape index (κ3) is 2.21. The number of nitriles is 2. The lowest BCUT2D eigenvalue weighted by Gasteiger charge is -2.08. The minimum atomic E-state index is 0.621. The Hall–Kier alpha value is -5.32. The van der Waals surface area contributed by atoms with Crippen molar-refractivity contribution in [1.29, 1.82) is 10.5 Å². The maximum atomic E-state index is 9.66. The van der Waals surface area contributed by atoms with Crippen LogP contribution in [0.15, 0.2) is 97.1 Å². The first-order valence-corrected chi connectivity index (χ1v) is 11.8. The molecule has 0 spiro atoms. The van der Waals surface area contributed by atoms with Gasteiger partial charge in [-0.15, -0.1) is 0 Å². The summed E-state index contributed by atoms with van der Waals surface area (Å²) in [5, 5.41) is 26.2. The summed E-state index contributed by atoms with van der Waals surface area (Å²) in [6.45, 7) is 0. The molecule has 0 amide bonds. The molecule has 0 atom stereocenters. The van der Waals surface area contributed by atoms with E-state index >= 15 is 0 Å². The summed E-state index contributed by atoms with van der Waals surface area (Å²) >= 11 is 0. The van der Waals surface area contributed by atoms with E-state index in [1.165, 1.54) is 16.2 Å². The molecule has 0 radical (unpaired) electrons. The molecular formula is C32H16N4. The Morgan fingerprint density at radius 3 is 1.89 bits per heavy atom. The Balaban J connectivity index is 1.74. The van der Waals surface area contributed by atoms with Crippen molar-refractivity contribution < 1.29 is 0 Å². The van der Waals surface area contributed by atoms with E-state index in [4.69, 9.17) is 0 Å². The molecule has 3 heterocycles. The van der Waals surface area contributed by atoms with Crippen LogP contribution in [-0.4, -0.2) is 8.97 Å². The van der Waals surface area contributed by atoms with Crippen molar-refractivity contribution in [2.24, 2.45) is 0 Å². The highest BCUT2D eigenvalue weighted by molar-refractivity contribution is 6.35. The van der Waals surface area contributed by atoms with Crippen molar-refractivity contribution in [1.82, 2.24) is 8.97 Å². The minimum absolute atomic E-state index is 0.621. The Labute approximate surface area is 205 Å². The highest BCUT2D eigenvalue weighted by Crippen LogP contribution is 2.46. The first-order chi connectivity index (χ1) is 17.8. The third-order valence-electron chi connectivity index (χ3n) is 7.47. The van der Waals surface area contributed by atoms with Crippen LogP contribution < -0.4 is 0 Å². The van der Waals surface area contributed by atoms with Crippen LogP contribution in [0.4, 0.5) is 0 Å². The standard InChI is InChI=1S/C32H16N4/c33-17-19-10-12-22-25-16-29-30(23-8-4-5-9-26(23)35(29)21-6-2-1-3-7-21)31-24-13-11-20(18-34)15-28(24)36(32(25)31)27(22)14-19/h1-16H. The third-order valence-corrected chi connectivity index (χ3v) is 7.47. The van der Waals surface area contributed by atoms with Crippen LogP contribution in [0.1, 0.15) is 11.1 Å². The molecule has 0 N–H and O–H groups in total. The van der Waals surface area contributed by atoms with Gasteiger partial charge in [0.15, 0.2) is 0 Å². The first kappa shape index (κ1) is 19.0. The molecule has 0 saturated carbocycles. The molecule has 8 aromatic rings. The molecule has 3 aromatic heterocycles. The van der Waals surface area contributed by atoms with Gasteiger partial charge in [-0.1, -0.05) is 48.5 Å². The summed E-state index contributed by atoms with van der Waals surface area (Å²) in [4.78, 5) is 0. The van der Waals surface area contributed by atoms with Gasteiger partial charge in [-0.25, -0.2) is 0 Å². The lowest BCUT2D eigenvalue weighted by molar-refractivity contribution is 1.18. The predicted octanol–water partition coefficient (Wildman–Crippen LogP) is 7.68. The zero-order valence-corrected chi connectivity index (χ0v) is 19.0. The van der Waals surface area contributed by atoms with E-state index in [1.54, 1.807) is 0 Å². The summed E-state index contributed by atoms with van der Waals surface area (Å²) in [6, 6.07) is 37.8. The molecule has 0 aliphatic heterocycles. The molecule has 8 rings (SSSR count). The van der Waals surface area contributed by atoms with Crippen molar-refractivity contribution >= 4 is 59.9 Å². The maximum Gasteiger partial charge on any atom is 0.0992 e. The van der Waals surface area contributed by atoms with E-state index in [2.05, 4.69) is 87.8 Å². The zero-order valence-electron chi connectivity index (χ0n) is 19.0. The van der Waals surface area contributed by atoms with Gasteiger partial charge in [0.25, 0.3) is 0 Å². The molecule has 0 aliphatic rings. The van der Waals surface area contributed by atoms with Gasteiger partial charge < -0.3 is 8.97 Å². The van der Waals surface area contributed by atoms with Crippen molar-refractivity contribution in [3.63, 3.8) is 0 Å². The summed E-state index contributed by atoms with van der Waals surface area (Å²) in [5.41, 5.74) is 7.77. The fraction of sp³-hybridized carbons (Fsp3) is 0. The van der Waals surface area contributed by atoms with Crippen LogP contribution in [-0.2, 0) is 0 Å². The van der Waals surface area contributed by atoms with Gasteiger partial charge in [-0.2, -0.15) is 10.5 Å². The molecular weight excluding hydrogens is 440 g/mol. The van der Waals surface area contributed by atoms with Gasteiger partial charge in [-0.05, 0) is 48.5 Å². The molecule has 164 valence electrons. The normalized spacial score (nSPS) is 11.8. The molecule has 0 bridgehead atoms. The number of rotatable bonds is 1. The summed E-state index contributed by atoms with van der Waals surface area (Å²) in [6.07, 6.45) is 0. The quantitative estimate of drug-likeness (QED) is 0.254. The summed E-state index contributed by atoms with van der Waals surface area (Å²) in [7, 11) is 0. The van der Waals surface area contributed by atoms with Crippen LogP contribution in [0, 0.1) is 22.7 Å². The van der Waals surface area contributed by atoms with E-state index in [0.717, 1.165) is 49.4 Å². The number of hydrogen-bond acceptors (Lipinski definition) is 2. The Morgan fingerprint density at radius 2 is 1.14 bits per heavy atom. The molecule has 5 aromatic carbocycles. The van der Waals surface area contributed by atoms with Crippen LogP contribution in [0.2, 0.25) is 0 Å². The molecule has 0 aliphatic carbocycles. The predicted molar refractivity (Wildman–Crippen MR) is 145 cm³/mol. The van der Waals surface area contributed by atoms with Crippen molar-refractivity contribution in [2.75, 3.05) is 0 Å². The molecule has 4 heteroatoms. The van der Waals surface area contributed by atoms with Gasteiger partial charge in [0.05, 0.1) is 50.8 Å².